The van der Waals surface area contributed by atoms with Gasteiger partial charge in [-0.1, -0.05) is 58.6 Å². The van der Waals surface area contributed by atoms with Crippen molar-refractivity contribution in [2.24, 2.45) is 0 Å². The third-order valence-corrected chi connectivity index (χ3v) is 4.88. The summed E-state index contributed by atoms with van der Waals surface area (Å²) in [7, 11) is 0. The van der Waals surface area contributed by atoms with Gasteiger partial charge >= 0.3 is 5.97 Å². The minimum Gasteiger partial charge on any atom is -0.494 e. The van der Waals surface area contributed by atoms with Gasteiger partial charge in [0.25, 0.3) is 0 Å². The Hall–Kier alpha value is -2.29. The van der Waals surface area contributed by atoms with Crippen LogP contribution < -0.4 is 9.47 Å². The van der Waals surface area contributed by atoms with Crippen molar-refractivity contribution in [2.75, 3.05) is 6.61 Å². The fourth-order valence-corrected chi connectivity index (χ4v) is 2.85. The lowest BCUT2D eigenvalue weighted by atomic mass is 9.99. The first kappa shape index (κ1) is 21.0. The SMILES string of the molecule is CCCCCCCOc1ccc(C(=O)Oc2ccc(C(C)CC)cc2)cc1. The van der Waals surface area contributed by atoms with Crippen LogP contribution in [0.25, 0.3) is 0 Å². The van der Waals surface area contributed by atoms with Crippen LogP contribution in [0.3, 0.4) is 0 Å². The summed E-state index contributed by atoms with van der Waals surface area (Å²) in [5, 5.41) is 0. The molecule has 146 valence electrons. The van der Waals surface area contributed by atoms with Gasteiger partial charge in [-0.2, -0.15) is 0 Å². The average Bonchev–Trinajstić information content (AvgIpc) is 2.71. The molecule has 0 amide bonds. The zero-order valence-electron chi connectivity index (χ0n) is 16.9. The summed E-state index contributed by atoms with van der Waals surface area (Å²) < 4.78 is 11.2. The van der Waals surface area contributed by atoms with Crippen LogP contribution in [-0.4, -0.2) is 12.6 Å². The van der Waals surface area contributed by atoms with Crippen molar-refractivity contribution in [3.8, 4) is 11.5 Å². The Bertz CT molecular complexity index is 674. The second-order valence-corrected chi connectivity index (χ2v) is 7.05. The first-order valence-electron chi connectivity index (χ1n) is 10.2. The lowest BCUT2D eigenvalue weighted by Crippen LogP contribution is -2.08. The minimum absolute atomic E-state index is 0.350. The quantitative estimate of drug-likeness (QED) is 0.249. The molecule has 0 aromatic heterocycles. The van der Waals surface area contributed by atoms with E-state index in [4.69, 9.17) is 9.47 Å². The molecule has 0 saturated carbocycles. The van der Waals surface area contributed by atoms with E-state index in [0.29, 0.717) is 17.2 Å². The summed E-state index contributed by atoms with van der Waals surface area (Å²) in [6, 6.07) is 14.9. The summed E-state index contributed by atoms with van der Waals surface area (Å²) in [4.78, 5) is 12.3. The fraction of sp³-hybridized carbons (Fsp3) is 0.458. The lowest BCUT2D eigenvalue weighted by molar-refractivity contribution is 0.0734. The Morgan fingerprint density at radius 2 is 1.48 bits per heavy atom. The van der Waals surface area contributed by atoms with Gasteiger partial charge in [-0.3, -0.25) is 0 Å². The molecule has 3 heteroatoms. The van der Waals surface area contributed by atoms with E-state index in [0.717, 1.165) is 25.2 Å². The van der Waals surface area contributed by atoms with Crippen LogP contribution in [0, 0.1) is 0 Å². The normalized spacial score (nSPS) is 11.8. The molecule has 0 spiro atoms. The summed E-state index contributed by atoms with van der Waals surface area (Å²) in [6.45, 7) is 7.29. The number of rotatable bonds is 11. The maximum Gasteiger partial charge on any atom is 0.343 e. The third-order valence-electron chi connectivity index (χ3n) is 4.88. The van der Waals surface area contributed by atoms with Gasteiger partial charge in [0.2, 0.25) is 0 Å². The van der Waals surface area contributed by atoms with E-state index in [1.165, 1.54) is 31.2 Å². The molecule has 0 saturated heterocycles. The van der Waals surface area contributed by atoms with Crippen molar-refractivity contribution in [3.63, 3.8) is 0 Å². The second-order valence-electron chi connectivity index (χ2n) is 7.05. The average molecular weight is 369 g/mol. The van der Waals surface area contributed by atoms with Gasteiger partial charge in [0, 0.05) is 0 Å². The van der Waals surface area contributed by atoms with Crippen LogP contribution in [0.4, 0.5) is 0 Å². The number of carbonyl (C=O) groups excluding carboxylic acids is 1. The van der Waals surface area contributed by atoms with Crippen molar-refractivity contribution in [1.29, 1.82) is 0 Å². The number of carbonyl (C=O) groups is 1. The molecule has 0 radical (unpaired) electrons. The van der Waals surface area contributed by atoms with Gasteiger partial charge in [0.15, 0.2) is 0 Å². The van der Waals surface area contributed by atoms with E-state index in [9.17, 15) is 4.79 Å². The van der Waals surface area contributed by atoms with Crippen LogP contribution in [0.2, 0.25) is 0 Å². The molecule has 2 rings (SSSR count). The molecule has 0 bridgehead atoms. The van der Waals surface area contributed by atoms with Crippen LogP contribution in [0.15, 0.2) is 48.5 Å². The second kappa shape index (κ2) is 11.4. The Kier molecular flexibility index (Phi) is 8.90. The molecule has 1 atom stereocenters. The van der Waals surface area contributed by atoms with E-state index < -0.39 is 0 Å². The predicted octanol–water partition coefficient (Wildman–Crippen LogP) is 6.77. The van der Waals surface area contributed by atoms with Gasteiger partial charge in [-0.05, 0) is 60.7 Å². The highest BCUT2D eigenvalue weighted by atomic mass is 16.5. The Balaban J connectivity index is 1.81. The van der Waals surface area contributed by atoms with Crippen molar-refractivity contribution in [2.45, 2.75) is 65.2 Å². The Labute approximate surface area is 163 Å². The van der Waals surface area contributed by atoms with E-state index in [1.54, 1.807) is 12.1 Å². The van der Waals surface area contributed by atoms with Crippen LogP contribution in [-0.2, 0) is 0 Å². The molecule has 0 heterocycles. The van der Waals surface area contributed by atoms with Crippen molar-refractivity contribution in [1.82, 2.24) is 0 Å². The number of ether oxygens (including phenoxy) is 2. The molecule has 3 nitrogen and oxygen atoms in total. The molecular formula is C24H32O3. The summed E-state index contributed by atoms with van der Waals surface area (Å²) in [5.41, 5.74) is 1.78. The first-order valence-corrected chi connectivity index (χ1v) is 10.2. The number of unbranched alkanes of at least 4 members (excludes halogenated alkanes) is 4. The smallest absolute Gasteiger partial charge is 0.343 e. The molecule has 0 aliphatic carbocycles. The number of benzene rings is 2. The van der Waals surface area contributed by atoms with E-state index >= 15 is 0 Å². The lowest BCUT2D eigenvalue weighted by Gasteiger charge is -2.10. The largest absolute Gasteiger partial charge is 0.494 e. The van der Waals surface area contributed by atoms with Gasteiger partial charge in [0.05, 0.1) is 12.2 Å². The monoisotopic (exact) mass is 368 g/mol. The third kappa shape index (κ3) is 7.09. The van der Waals surface area contributed by atoms with Crippen LogP contribution in [0.5, 0.6) is 11.5 Å². The Morgan fingerprint density at radius 1 is 0.852 bits per heavy atom. The molecule has 2 aromatic rings. The molecule has 27 heavy (non-hydrogen) atoms. The molecule has 2 aromatic carbocycles. The topological polar surface area (TPSA) is 35.5 Å². The van der Waals surface area contributed by atoms with E-state index in [2.05, 4.69) is 20.8 Å². The molecule has 0 N–H and O–H groups in total. The summed E-state index contributed by atoms with van der Waals surface area (Å²) in [6.07, 6.45) is 7.16. The van der Waals surface area contributed by atoms with Crippen LogP contribution >= 0.6 is 0 Å². The van der Waals surface area contributed by atoms with Gasteiger partial charge in [-0.25, -0.2) is 4.79 Å². The Morgan fingerprint density at radius 3 is 2.11 bits per heavy atom. The van der Waals surface area contributed by atoms with Crippen molar-refractivity contribution < 1.29 is 14.3 Å². The standard InChI is InChI=1S/C24H32O3/c1-4-6-7-8-9-18-26-22-14-12-21(13-15-22)24(25)27-23-16-10-20(11-17-23)19(3)5-2/h10-17,19H,4-9,18H2,1-3H3. The highest BCUT2D eigenvalue weighted by molar-refractivity contribution is 5.91. The van der Waals surface area contributed by atoms with Crippen molar-refractivity contribution in [3.05, 3.63) is 59.7 Å². The van der Waals surface area contributed by atoms with Gasteiger partial charge in [0.1, 0.15) is 11.5 Å². The molecule has 0 aliphatic heterocycles. The maximum absolute atomic E-state index is 12.3. The molecular weight excluding hydrogens is 336 g/mol. The van der Waals surface area contributed by atoms with Crippen LogP contribution in [0.1, 0.15) is 81.1 Å². The maximum atomic E-state index is 12.3. The molecule has 0 aliphatic rings. The highest BCUT2D eigenvalue weighted by Crippen LogP contribution is 2.22. The molecule has 0 fully saturated rings. The number of hydrogen-bond donors (Lipinski definition) is 0. The van der Waals surface area contributed by atoms with E-state index in [1.807, 2.05) is 36.4 Å². The zero-order valence-corrected chi connectivity index (χ0v) is 16.9. The van der Waals surface area contributed by atoms with Crippen molar-refractivity contribution >= 4 is 5.97 Å². The minimum atomic E-state index is -0.350. The zero-order chi connectivity index (χ0) is 19.5. The summed E-state index contributed by atoms with van der Waals surface area (Å²) >= 11 is 0. The number of esters is 1. The highest BCUT2D eigenvalue weighted by Gasteiger charge is 2.10. The molecule has 1 unspecified atom stereocenters. The fourth-order valence-electron chi connectivity index (χ4n) is 2.85. The van der Waals surface area contributed by atoms with Gasteiger partial charge in [-0.15, -0.1) is 0 Å². The number of hydrogen-bond acceptors (Lipinski definition) is 3. The first-order chi connectivity index (χ1) is 13.1. The predicted molar refractivity (Wildman–Crippen MR) is 111 cm³/mol. The van der Waals surface area contributed by atoms with E-state index in [-0.39, 0.29) is 5.97 Å². The summed E-state index contributed by atoms with van der Waals surface area (Å²) in [5.74, 6) is 1.52. The van der Waals surface area contributed by atoms with Gasteiger partial charge < -0.3 is 9.47 Å².